The van der Waals surface area contributed by atoms with E-state index in [1.165, 1.54) is 5.56 Å². The maximum Gasteiger partial charge on any atom is 0.318 e. The van der Waals surface area contributed by atoms with Crippen LogP contribution < -0.4 is 16.4 Å². The molecule has 1 heterocycles. The fourth-order valence-corrected chi connectivity index (χ4v) is 4.19. The average Bonchev–Trinajstić information content (AvgIpc) is 3.28. The van der Waals surface area contributed by atoms with E-state index in [1.807, 2.05) is 47.8 Å². The summed E-state index contributed by atoms with van der Waals surface area (Å²) in [5.41, 5.74) is 8.31. The highest BCUT2D eigenvalue weighted by Crippen LogP contribution is 2.30. The van der Waals surface area contributed by atoms with Gasteiger partial charge < -0.3 is 5.73 Å². The van der Waals surface area contributed by atoms with E-state index < -0.39 is 18.0 Å². The molecule has 6 heteroatoms. The van der Waals surface area contributed by atoms with Crippen molar-refractivity contribution in [2.45, 2.75) is 38.3 Å². The van der Waals surface area contributed by atoms with Gasteiger partial charge in [-0.2, -0.15) is 0 Å². The number of hydrogen-bond acceptors (Lipinski definition) is 4. The number of nitrogens with one attached hydrogen (secondary N) is 2. The number of benzene rings is 2. The van der Waals surface area contributed by atoms with Crippen LogP contribution >= 0.6 is 11.3 Å². The second-order valence-electron chi connectivity index (χ2n) is 7.29. The van der Waals surface area contributed by atoms with Crippen molar-refractivity contribution in [1.29, 1.82) is 0 Å². The Morgan fingerprint density at radius 3 is 2.17 bits per heavy atom. The zero-order valence-corrected chi connectivity index (χ0v) is 18.0. The number of carbonyl (C=O) groups excluding carboxylic acids is 2. The lowest BCUT2D eigenvalue weighted by atomic mass is 9.95. The van der Waals surface area contributed by atoms with Gasteiger partial charge in [-0.25, -0.2) is 4.79 Å². The van der Waals surface area contributed by atoms with E-state index in [4.69, 9.17) is 5.73 Å². The Labute approximate surface area is 181 Å². The molecule has 156 valence electrons. The number of hydrogen-bond donors (Lipinski definition) is 3. The summed E-state index contributed by atoms with van der Waals surface area (Å²) in [6.45, 7) is 4.39. The smallest absolute Gasteiger partial charge is 0.318 e. The highest BCUT2D eigenvalue weighted by molar-refractivity contribution is 7.10. The molecule has 0 unspecified atom stereocenters. The van der Waals surface area contributed by atoms with Gasteiger partial charge >= 0.3 is 6.03 Å². The Bertz CT molecular complexity index is 956. The lowest BCUT2D eigenvalue weighted by Gasteiger charge is -2.25. The van der Waals surface area contributed by atoms with E-state index in [0.29, 0.717) is 5.92 Å². The summed E-state index contributed by atoms with van der Waals surface area (Å²) in [7, 11) is 0. The van der Waals surface area contributed by atoms with Crippen molar-refractivity contribution < 1.29 is 9.59 Å². The van der Waals surface area contributed by atoms with Crippen LogP contribution in [0.5, 0.6) is 0 Å². The van der Waals surface area contributed by atoms with E-state index in [-0.39, 0.29) is 6.04 Å². The van der Waals surface area contributed by atoms with Crippen molar-refractivity contribution in [3.05, 3.63) is 93.7 Å². The molecule has 0 radical (unpaired) electrons. The number of carbonyl (C=O) groups is 2. The third-order valence-electron chi connectivity index (χ3n) is 5.25. The molecule has 0 bridgehead atoms. The van der Waals surface area contributed by atoms with Gasteiger partial charge in [0.2, 0.25) is 5.91 Å². The molecule has 0 fully saturated rings. The molecule has 0 aliphatic carbocycles. The molecule has 0 saturated carbocycles. The Morgan fingerprint density at radius 1 is 0.933 bits per heavy atom. The SMILES string of the molecule is CC[C@@H](C)c1ccc([C@@H](N[C@H](C(=O)NC(N)=O)c2ccccc2)c2cccs2)cc1. The number of thiophene rings is 1. The summed E-state index contributed by atoms with van der Waals surface area (Å²) in [5.74, 6) is 0.0112. The van der Waals surface area contributed by atoms with Crippen molar-refractivity contribution >= 4 is 23.3 Å². The first-order chi connectivity index (χ1) is 14.5. The minimum Gasteiger partial charge on any atom is -0.351 e. The number of imide groups is 1. The molecule has 3 rings (SSSR count). The standard InChI is InChI=1S/C24H27N3O2S/c1-3-16(2)17-11-13-19(14-12-17)21(20-10-7-15-30-20)26-22(23(28)27-24(25)29)18-8-5-4-6-9-18/h4-16,21-22,26H,3H2,1-2H3,(H3,25,27,28,29)/t16-,21-,22+/m1/s1. The van der Waals surface area contributed by atoms with Gasteiger partial charge in [0.05, 0.1) is 6.04 Å². The van der Waals surface area contributed by atoms with Crippen molar-refractivity contribution in [1.82, 2.24) is 10.6 Å². The Hall–Kier alpha value is -2.96. The molecule has 0 spiro atoms. The van der Waals surface area contributed by atoms with Crippen LogP contribution in [0.3, 0.4) is 0 Å². The highest BCUT2D eigenvalue weighted by Gasteiger charge is 2.27. The van der Waals surface area contributed by atoms with Crippen LogP contribution in [0.1, 0.15) is 59.8 Å². The van der Waals surface area contributed by atoms with E-state index >= 15 is 0 Å². The molecule has 2 aromatic carbocycles. The van der Waals surface area contributed by atoms with Gasteiger partial charge in [0.1, 0.15) is 6.04 Å². The Kier molecular flexibility index (Phi) is 7.38. The zero-order valence-electron chi connectivity index (χ0n) is 17.2. The van der Waals surface area contributed by atoms with Crippen LogP contribution in [0.2, 0.25) is 0 Å². The average molecular weight is 422 g/mol. The summed E-state index contributed by atoms with van der Waals surface area (Å²) in [6.07, 6.45) is 1.08. The van der Waals surface area contributed by atoms with Crippen LogP contribution in [0, 0.1) is 0 Å². The predicted octanol–water partition coefficient (Wildman–Crippen LogP) is 4.88. The maximum absolute atomic E-state index is 12.8. The molecular formula is C24H27N3O2S. The molecule has 30 heavy (non-hydrogen) atoms. The molecular weight excluding hydrogens is 394 g/mol. The third-order valence-corrected chi connectivity index (χ3v) is 6.19. The molecule has 0 saturated heterocycles. The van der Waals surface area contributed by atoms with Crippen LogP contribution in [0.15, 0.2) is 72.1 Å². The topological polar surface area (TPSA) is 84.2 Å². The molecule has 3 amide bonds. The van der Waals surface area contributed by atoms with Crippen molar-refractivity contribution in [3.63, 3.8) is 0 Å². The molecule has 0 aliphatic rings. The fraction of sp³-hybridized carbons (Fsp3) is 0.250. The minimum atomic E-state index is -0.867. The van der Waals surface area contributed by atoms with E-state index in [0.717, 1.165) is 22.4 Å². The number of nitrogens with two attached hydrogens (primary N) is 1. The normalized spacial score (nSPS) is 13.9. The van der Waals surface area contributed by atoms with Crippen LogP contribution in [-0.2, 0) is 4.79 Å². The molecule has 3 aromatic rings. The van der Waals surface area contributed by atoms with Crippen LogP contribution in [0.25, 0.3) is 0 Å². The first-order valence-corrected chi connectivity index (χ1v) is 10.9. The van der Waals surface area contributed by atoms with E-state index in [2.05, 4.69) is 48.7 Å². The van der Waals surface area contributed by atoms with Crippen molar-refractivity contribution in [3.8, 4) is 0 Å². The van der Waals surface area contributed by atoms with Crippen molar-refractivity contribution in [2.75, 3.05) is 0 Å². The number of amides is 3. The molecule has 4 N–H and O–H groups in total. The minimum absolute atomic E-state index is 0.209. The van der Waals surface area contributed by atoms with Crippen LogP contribution in [-0.4, -0.2) is 11.9 Å². The van der Waals surface area contributed by atoms with Gasteiger partial charge in [-0.05, 0) is 40.5 Å². The fourth-order valence-electron chi connectivity index (χ4n) is 3.38. The summed E-state index contributed by atoms with van der Waals surface area (Å²) in [4.78, 5) is 25.2. The molecule has 3 atom stereocenters. The summed E-state index contributed by atoms with van der Waals surface area (Å²) < 4.78 is 0. The number of rotatable bonds is 8. The van der Waals surface area contributed by atoms with Crippen molar-refractivity contribution in [2.24, 2.45) is 5.73 Å². The highest BCUT2D eigenvalue weighted by atomic mass is 32.1. The maximum atomic E-state index is 12.8. The van der Waals surface area contributed by atoms with E-state index in [1.54, 1.807) is 11.3 Å². The second-order valence-corrected chi connectivity index (χ2v) is 8.27. The monoisotopic (exact) mass is 421 g/mol. The molecule has 1 aromatic heterocycles. The van der Waals surface area contributed by atoms with Crippen LogP contribution in [0.4, 0.5) is 4.79 Å². The van der Waals surface area contributed by atoms with Gasteiger partial charge in [0.15, 0.2) is 0 Å². The molecule has 5 nitrogen and oxygen atoms in total. The third kappa shape index (κ3) is 5.34. The van der Waals surface area contributed by atoms with E-state index in [9.17, 15) is 9.59 Å². The summed E-state index contributed by atoms with van der Waals surface area (Å²) in [6, 6.07) is 20.0. The van der Waals surface area contributed by atoms with Gasteiger partial charge in [-0.15, -0.1) is 11.3 Å². The number of urea groups is 1. The van der Waals surface area contributed by atoms with Gasteiger partial charge in [0.25, 0.3) is 0 Å². The first-order valence-electron chi connectivity index (χ1n) is 10.0. The first kappa shape index (κ1) is 21.7. The zero-order chi connectivity index (χ0) is 21.5. The summed E-state index contributed by atoms with van der Waals surface area (Å²) in [5, 5.41) is 7.68. The van der Waals surface area contributed by atoms with Gasteiger partial charge in [0, 0.05) is 4.88 Å². The predicted molar refractivity (Wildman–Crippen MR) is 121 cm³/mol. The lowest BCUT2D eigenvalue weighted by Crippen LogP contribution is -2.44. The van der Waals surface area contributed by atoms with Gasteiger partial charge in [-0.3, -0.25) is 15.4 Å². The largest absolute Gasteiger partial charge is 0.351 e. The number of primary amides is 1. The lowest BCUT2D eigenvalue weighted by molar-refractivity contribution is -0.122. The Balaban J connectivity index is 1.96. The van der Waals surface area contributed by atoms with Gasteiger partial charge in [-0.1, -0.05) is 74.5 Å². The Morgan fingerprint density at radius 2 is 1.60 bits per heavy atom. The second kappa shape index (κ2) is 10.2. The quantitative estimate of drug-likeness (QED) is 0.485. The molecule has 0 aliphatic heterocycles. The summed E-state index contributed by atoms with van der Waals surface area (Å²) >= 11 is 1.62.